The Morgan fingerprint density at radius 3 is 3.18 bits per heavy atom. The van der Waals surface area contributed by atoms with Crippen molar-refractivity contribution in [2.24, 2.45) is 0 Å². The molecular formula is C8H10O3. The van der Waals surface area contributed by atoms with Gasteiger partial charge in [0.05, 0.1) is 6.61 Å². The molecule has 0 N–H and O–H groups in total. The van der Waals surface area contributed by atoms with Gasteiger partial charge in [-0.15, -0.1) is 0 Å². The Balaban J connectivity index is 2.35. The Morgan fingerprint density at radius 2 is 2.64 bits per heavy atom. The normalized spacial score (nSPS) is 16.3. The molecule has 11 heavy (non-hydrogen) atoms. The lowest BCUT2D eigenvalue weighted by Crippen LogP contribution is -2.00. The molecule has 3 nitrogen and oxygen atoms in total. The largest absolute Gasteiger partial charge is 0.465 e. The summed E-state index contributed by atoms with van der Waals surface area (Å²) in [6.45, 7) is 2.36. The SMILES string of the molecule is CC=CC(=O)OC1=CCCO1. The van der Waals surface area contributed by atoms with Crippen LogP contribution in [0, 0.1) is 0 Å². The third kappa shape index (κ3) is 2.45. The van der Waals surface area contributed by atoms with Crippen LogP contribution in [0.4, 0.5) is 0 Å². The van der Waals surface area contributed by atoms with Gasteiger partial charge in [0.2, 0.25) is 0 Å². The van der Waals surface area contributed by atoms with Crippen molar-refractivity contribution in [3.05, 3.63) is 24.2 Å². The summed E-state index contributed by atoms with van der Waals surface area (Å²) in [5.74, 6) is -0.0613. The summed E-state index contributed by atoms with van der Waals surface area (Å²) >= 11 is 0. The van der Waals surface area contributed by atoms with E-state index in [0.717, 1.165) is 6.42 Å². The van der Waals surface area contributed by atoms with Crippen LogP contribution in [0.2, 0.25) is 0 Å². The zero-order valence-electron chi connectivity index (χ0n) is 6.37. The lowest BCUT2D eigenvalue weighted by molar-refractivity contribution is -0.138. The molecule has 0 aromatic carbocycles. The third-order valence-corrected chi connectivity index (χ3v) is 1.18. The summed E-state index contributed by atoms with van der Waals surface area (Å²) < 4.78 is 9.72. The lowest BCUT2D eigenvalue weighted by Gasteiger charge is -2.00. The Kier molecular flexibility index (Phi) is 2.72. The van der Waals surface area contributed by atoms with Gasteiger partial charge in [-0.1, -0.05) is 6.08 Å². The highest BCUT2D eigenvalue weighted by atomic mass is 16.7. The summed E-state index contributed by atoms with van der Waals surface area (Å²) in [5, 5.41) is 0. The molecule has 0 aromatic heterocycles. The van der Waals surface area contributed by atoms with Crippen molar-refractivity contribution in [3.63, 3.8) is 0 Å². The van der Waals surface area contributed by atoms with Gasteiger partial charge in [-0.3, -0.25) is 0 Å². The van der Waals surface area contributed by atoms with E-state index in [9.17, 15) is 4.79 Å². The van der Waals surface area contributed by atoms with E-state index >= 15 is 0 Å². The second-order valence-electron chi connectivity index (χ2n) is 2.08. The summed E-state index contributed by atoms with van der Waals surface area (Å²) in [5.41, 5.74) is 0. The highest BCUT2D eigenvalue weighted by Crippen LogP contribution is 2.10. The first-order chi connectivity index (χ1) is 5.33. The van der Waals surface area contributed by atoms with E-state index in [1.165, 1.54) is 6.08 Å². The zero-order valence-corrected chi connectivity index (χ0v) is 6.37. The van der Waals surface area contributed by atoms with E-state index in [2.05, 4.69) is 0 Å². The molecule has 1 rings (SSSR count). The van der Waals surface area contributed by atoms with Crippen LogP contribution in [-0.4, -0.2) is 12.6 Å². The number of carbonyl (C=O) groups excluding carboxylic acids is 1. The van der Waals surface area contributed by atoms with Gasteiger partial charge < -0.3 is 9.47 Å². The fourth-order valence-corrected chi connectivity index (χ4v) is 0.736. The molecule has 0 atom stereocenters. The molecule has 0 bridgehead atoms. The average Bonchev–Trinajstić information content (AvgIpc) is 2.40. The van der Waals surface area contributed by atoms with Crippen LogP contribution in [0.1, 0.15) is 13.3 Å². The summed E-state index contributed by atoms with van der Waals surface area (Å²) in [7, 11) is 0. The van der Waals surface area contributed by atoms with Gasteiger partial charge in [-0.05, 0) is 6.92 Å². The monoisotopic (exact) mass is 154 g/mol. The molecule has 0 saturated carbocycles. The maximum absolute atomic E-state index is 10.8. The number of hydrogen-bond acceptors (Lipinski definition) is 3. The Labute approximate surface area is 65.3 Å². The topological polar surface area (TPSA) is 35.5 Å². The molecule has 1 aliphatic heterocycles. The van der Waals surface area contributed by atoms with Crippen molar-refractivity contribution >= 4 is 5.97 Å². The summed E-state index contributed by atoms with van der Waals surface area (Å²) in [4.78, 5) is 10.8. The minimum atomic E-state index is -0.388. The molecule has 60 valence electrons. The maximum Gasteiger partial charge on any atom is 0.338 e. The van der Waals surface area contributed by atoms with E-state index in [4.69, 9.17) is 9.47 Å². The van der Waals surface area contributed by atoms with Gasteiger partial charge in [0.25, 0.3) is 5.95 Å². The first-order valence-corrected chi connectivity index (χ1v) is 3.50. The predicted molar refractivity (Wildman–Crippen MR) is 39.6 cm³/mol. The molecule has 0 fully saturated rings. The van der Waals surface area contributed by atoms with Crippen LogP contribution in [0.25, 0.3) is 0 Å². The van der Waals surface area contributed by atoms with Gasteiger partial charge in [-0.25, -0.2) is 4.79 Å². The van der Waals surface area contributed by atoms with Gasteiger partial charge >= 0.3 is 5.97 Å². The highest BCUT2D eigenvalue weighted by Gasteiger charge is 2.08. The van der Waals surface area contributed by atoms with Gasteiger partial charge in [-0.2, -0.15) is 0 Å². The van der Waals surface area contributed by atoms with E-state index in [-0.39, 0.29) is 5.97 Å². The van der Waals surface area contributed by atoms with E-state index in [1.807, 2.05) is 0 Å². The number of esters is 1. The molecule has 0 radical (unpaired) electrons. The van der Waals surface area contributed by atoms with Gasteiger partial charge in [0.15, 0.2) is 0 Å². The standard InChI is InChI=1S/C8H10O3/c1-2-4-7(9)11-8-5-3-6-10-8/h2,4-5H,3,6H2,1H3. The first-order valence-electron chi connectivity index (χ1n) is 3.50. The van der Waals surface area contributed by atoms with Crippen molar-refractivity contribution in [2.75, 3.05) is 6.61 Å². The molecular weight excluding hydrogens is 144 g/mol. The van der Waals surface area contributed by atoms with Crippen LogP contribution in [-0.2, 0) is 14.3 Å². The number of hydrogen-bond donors (Lipinski definition) is 0. The second kappa shape index (κ2) is 3.81. The smallest absolute Gasteiger partial charge is 0.338 e. The molecule has 0 saturated heterocycles. The highest BCUT2D eigenvalue weighted by molar-refractivity contribution is 5.82. The fourth-order valence-electron chi connectivity index (χ4n) is 0.736. The van der Waals surface area contributed by atoms with Crippen molar-refractivity contribution in [1.29, 1.82) is 0 Å². The van der Waals surface area contributed by atoms with Crippen molar-refractivity contribution < 1.29 is 14.3 Å². The van der Waals surface area contributed by atoms with E-state index in [1.54, 1.807) is 19.1 Å². The number of ether oxygens (including phenoxy) is 2. The molecule has 0 aliphatic carbocycles. The van der Waals surface area contributed by atoms with Crippen LogP contribution in [0.3, 0.4) is 0 Å². The van der Waals surface area contributed by atoms with Gasteiger partial charge in [0, 0.05) is 18.6 Å². The van der Waals surface area contributed by atoms with Crippen molar-refractivity contribution in [3.8, 4) is 0 Å². The molecule has 1 aliphatic rings. The van der Waals surface area contributed by atoms with Crippen LogP contribution < -0.4 is 0 Å². The number of allylic oxidation sites excluding steroid dienone is 1. The van der Waals surface area contributed by atoms with Crippen LogP contribution >= 0.6 is 0 Å². The Bertz CT molecular complexity index is 203. The Morgan fingerprint density at radius 1 is 1.82 bits per heavy atom. The first kappa shape index (κ1) is 7.85. The average molecular weight is 154 g/mol. The van der Waals surface area contributed by atoms with Crippen LogP contribution in [0.5, 0.6) is 0 Å². The molecule has 0 aromatic rings. The number of carbonyl (C=O) groups is 1. The molecule has 0 spiro atoms. The fraction of sp³-hybridized carbons (Fsp3) is 0.375. The van der Waals surface area contributed by atoms with E-state index < -0.39 is 0 Å². The third-order valence-electron chi connectivity index (χ3n) is 1.18. The lowest BCUT2D eigenvalue weighted by atomic mass is 10.5. The summed E-state index contributed by atoms with van der Waals surface area (Å²) in [6.07, 6.45) is 5.54. The minimum absolute atomic E-state index is 0.327. The second-order valence-corrected chi connectivity index (χ2v) is 2.08. The van der Waals surface area contributed by atoms with Crippen LogP contribution in [0.15, 0.2) is 24.2 Å². The minimum Gasteiger partial charge on any atom is -0.465 e. The molecule has 1 heterocycles. The van der Waals surface area contributed by atoms with Crippen molar-refractivity contribution in [1.82, 2.24) is 0 Å². The zero-order chi connectivity index (χ0) is 8.10. The summed E-state index contributed by atoms with van der Waals surface area (Å²) in [6, 6.07) is 0. The molecule has 0 amide bonds. The van der Waals surface area contributed by atoms with Gasteiger partial charge in [0.1, 0.15) is 0 Å². The van der Waals surface area contributed by atoms with Crippen molar-refractivity contribution in [2.45, 2.75) is 13.3 Å². The number of rotatable bonds is 2. The predicted octanol–water partition coefficient (Wildman–Crippen LogP) is 1.37. The van der Waals surface area contributed by atoms with E-state index in [0.29, 0.717) is 12.6 Å². The maximum atomic E-state index is 10.8. The Hall–Kier alpha value is -1.25. The molecule has 0 unspecified atom stereocenters. The quantitative estimate of drug-likeness (QED) is 0.445. The molecule has 3 heteroatoms.